The molecule has 144 valence electrons. The summed E-state index contributed by atoms with van der Waals surface area (Å²) in [6.07, 6.45) is 9.28. The van der Waals surface area contributed by atoms with E-state index in [1.54, 1.807) is 6.07 Å². The monoisotopic (exact) mass is 398 g/mol. The van der Waals surface area contributed by atoms with Gasteiger partial charge in [-0.15, -0.1) is 0 Å². The first kappa shape index (κ1) is 22.7. The van der Waals surface area contributed by atoms with Crippen molar-refractivity contribution in [2.75, 3.05) is 27.7 Å². The van der Waals surface area contributed by atoms with Gasteiger partial charge in [-0.2, -0.15) is 5.10 Å². The number of hydrogen-bond donors (Lipinski definition) is 1. The van der Waals surface area contributed by atoms with Crippen molar-refractivity contribution in [1.82, 2.24) is 5.43 Å². The van der Waals surface area contributed by atoms with Gasteiger partial charge < -0.3 is 4.48 Å². The van der Waals surface area contributed by atoms with Gasteiger partial charge in [0.25, 0.3) is 5.91 Å². The van der Waals surface area contributed by atoms with Crippen LogP contribution in [0.2, 0.25) is 10.0 Å². The Labute approximate surface area is 167 Å². The molecule has 1 aromatic rings. The maximum Gasteiger partial charge on any atom is 0.295 e. The van der Waals surface area contributed by atoms with Crippen molar-refractivity contribution in [1.29, 1.82) is 0 Å². The standard InChI is InChI=1S/C20H29Cl2N3O/c1-5-6-7-8-9-17(23-24-20(26)15-25(2,3)4)12-10-16-11-13-18(21)19(22)14-16/h10-14H,5-9,15H2,1-4H3/p+1/b12-10+,23-17?. The molecule has 1 aromatic carbocycles. The van der Waals surface area contributed by atoms with E-state index in [9.17, 15) is 4.79 Å². The van der Waals surface area contributed by atoms with Crippen LogP contribution in [-0.2, 0) is 4.79 Å². The van der Waals surface area contributed by atoms with Crippen LogP contribution in [-0.4, -0.2) is 43.8 Å². The third kappa shape index (κ3) is 9.95. The number of hydrogen-bond acceptors (Lipinski definition) is 2. The van der Waals surface area contributed by atoms with E-state index in [2.05, 4.69) is 17.5 Å². The second-order valence-electron chi connectivity index (χ2n) is 7.40. The number of nitrogens with one attached hydrogen (secondary N) is 1. The average Bonchev–Trinajstić information content (AvgIpc) is 2.54. The summed E-state index contributed by atoms with van der Waals surface area (Å²) in [6, 6.07) is 5.48. The molecule has 0 aromatic heterocycles. The molecular weight excluding hydrogens is 369 g/mol. The minimum atomic E-state index is -0.0912. The first-order chi connectivity index (χ1) is 12.2. The van der Waals surface area contributed by atoms with Crippen molar-refractivity contribution in [3.05, 3.63) is 39.9 Å². The first-order valence-electron chi connectivity index (χ1n) is 9.00. The van der Waals surface area contributed by atoms with Crippen LogP contribution in [0.4, 0.5) is 0 Å². The number of nitrogens with zero attached hydrogens (tertiary/aromatic N) is 2. The third-order valence-electron chi connectivity index (χ3n) is 3.64. The summed E-state index contributed by atoms with van der Waals surface area (Å²) >= 11 is 12.0. The average molecular weight is 399 g/mol. The molecule has 0 saturated heterocycles. The van der Waals surface area contributed by atoms with Gasteiger partial charge in [-0.1, -0.05) is 61.5 Å². The molecule has 0 saturated carbocycles. The molecule has 1 amide bonds. The van der Waals surface area contributed by atoms with E-state index in [1.807, 2.05) is 45.4 Å². The van der Waals surface area contributed by atoms with Crippen LogP contribution < -0.4 is 5.43 Å². The molecule has 0 bridgehead atoms. The molecule has 0 atom stereocenters. The molecule has 0 heterocycles. The summed E-state index contributed by atoms with van der Waals surface area (Å²) in [4.78, 5) is 12.0. The number of carbonyl (C=O) groups excluding carboxylic acids is 1. The molecule has 1 rings (SSSR count). The maximum atomic E-state index is 12.0. The highest BCUT2D eigenvalue weighted by atomic mass is 35.5. The minimum Gasteiger partial charge on any atom is -0.323 e. The summed E-state index contributed by atoms with van der Waals surface area (Å²) in [5, 5.41) is 5.37. The molecule has 0 fully saturated rings. The molecule has 0 radical (unpaired) electrons. The Morgan fingerprint density at radius 2 is 1.88 bits per heavy atom. The summed E-state index contributed by atoms with van der Waals surface area (Å²) < 4.78 is 0.562. The van der Waals surface area contributed by atoms with Crippen molar-refractivity contribution in [2.45, 2.75) is 39.0 Å². The topological polar surface area (TPSA) is 41.5 Å². The van der Waals surface area contributed by atoms with Gasteiger partial charge in [0.2, 0.25) is 0 Å². The van der Waals surface area contributed by atoms with Crippen molar-refractivity contribution in [3.63, 3.8) is 0 Å². The lowest BCUT2D eigenvalue weighted by atomic mass is 10.1. The van der Waals surface area contributed by atoms with Gasteiger partial charge >= 0.3 is 0 Å². The van der Waals surface area contributed by atoms with E-state index in [0.29, 0.717) is 21.1 Å². The Morgan fingerprint density at radius 3 is 2.50 bits per heavy atom. The van der Waals surface area contributed by atoms with Crippen molar-refractivity contribution >= 4 is 40.9 Å². The Balaban J connectivity index is 2.79. The fraction of sp³-hybridized carbons (Fsp3) is 0.500. The number of benzene rings is 1. The number of halogens is 2. The van der Waals surface area contributed by atoms with Crippen LogP contribution in [0.3, 0.4) is 0 Å². The predicted molar refractivity (Wildman–Crippen MR) is 113 cm³/mol. The summed E-state index contributed by atoms with van der Waals surface area (Å²) in [6.45, 7) is 2.56. The van der Waals surface area contributed by atoms with Crippen LogP contribution in [0.15, 0.2) is 29.4 Å². The smallest absolute Gasteiger partial charge is 0.295 e. The third-order valence-corrected chi connectivity index (χ3v) is 4.38. The highest BCUT2D eigenvalue weighted by Crippen LogP contribution is 2.23. The quantitative estimate of drug-likeness (QED) is 0.251. The van der Waals surface area contributed by atoms with Gasteiger partial charge in [-0.3, -0.25) is 4.79 Å². The lowest BCUT2D eigenvalue weighted by Gasteiger charge is -2.22. The highest BCUT2D eigenvalue weighted by molar-refractivity contribution is 6.42. The number of allylic oxidation sites excluding steroid dienone is 1. The van der Waals surface area contributed by atoms with Crippen LogP contribution in [0.25, 0.3) is 6.08 Å². The maximum absolute atomic E-state index is 12.0. The van der Waals surface area contributed by atoms with Gasteiger partial charge in [-0.05, 0) is 36.6 Å². The lowest BCUT2D eigenvalue weighted by Crippen LogP contribution is -2.43. The minimum absolute atomic E-state index is 0.0912. The second kappa shape index (κ2) is 11.4. The summed E-state index contributed by atoms with van der Waals surface area (Å²) in [5.41, 5.74) is 4.46. The number of carbonyl (C=O) groups is 1. The molecule has 0 aliphatic heterocycles. The Kier molecular flexibility index (Phi) is 9.92. The normalized spacial score (nSPS) is 12.6. The van der Waals surface area contributed by atoms with E-state index in [1.165, 1.54) is 12.8 Å². The zero-order valence-corrected chi connectivity index (χ0v) is 17.7. The fourth-order valence-electron chi connectivity index (χ4n) is 2.32. The molecule has 0 aliphatic rings. The number of unbranched alkanes of at least 4 members (excludes halogenated alkanes) is 3. The molecule has 0 aliphatic carbocycles. The molecule has 6 heteroatoms. The van der Waals surface area contributed by atoms with Crippen LogP contribution in [0, 0.1) is 0 Å². The Hall–Kier alpha value is -1.36. The predicted octanol–water partition coefficient (Wildman–Crippen LogP) is 5.16. The molecule has 0 spiro atoms. The molecule has 1 N–H and O–H groups in total. The van der Waals surface area contributed by atoms with Crippen molar-refractivity contribution < 1.29 is 9.28 Å². The zero-order chi connectivity index (χ0) is 19.6. The van der Waals surface area contributed by atoms with Crippen molar-refractivity contribution in [3.8, 4) is 0 Å². The Bertz CT molecular complexity index is 649. The zero-order valence-electron chi connectivity index (χ0n) is 16.2. The number of quaternary nitrogens is 1. The largest absolute Gasteiger partial charge is 0.323 e. The number of rotatable bonds is 10. The summed E-state index contributed by atoms with van der Waals surface area (Å²) in [7, 11) is 5.91. The second-order valence-corrected chi connectivity index (χ2v) is 8.22. The molecule has 0 unspecified atom stereocenters. The fourth-order valence-corrected chi connectivity index (χ4v) is 2.62. The van der Waals surface area contributed by atoms with Crippen molar-refractivity contribution in [2.24, 2.45) is 5.10 Å². The van der Waals surface area contributed by atoms with E-state index >= 15 is 0 Å². The van der Waals surface area contributed by atoms with Gasteiger partial charge in [-0.25, -0.2) is 5.43 Å². The van der Waals surface area contributed by atoms with E-state index < -0.39 is 0 Å². The highest BCUT2D eigenvalue weighted by Gasteiger charge is 2.13. The lowest BCUT2D eigenvalue weighted by molar-refractivity contribution is -0.862. The van der Waals surface area contributed by atoms with Crippen LogP contribution in [0.1, 0.15) is 44.6 Å². The number of likely N-dealkylation sites (N-methyl/N-ethyl adjacent to an activating group) is 1. The molecular formula is C20H30Cl2N3O+. The van der Waals surface area contributed by atoms with E-state index in [0.717, 1.165) is 30.5 Å². The summed E-state index contributed by atoms with van der Waals surface area (Å²) in [5.74, 6) is -0.0912. The van der Waals surface area contributed by atoms with Crippen LogP contribution >= 0.6 is 23.2 Å². The number of hydrazone groups is 1. The van der Waals surface area contributed by atoms with Gasteiger partial charge in [0.05, 0.1) is 36.9 Å². The van der Waals surface area contributed by atoms with E-state index in [4.69, 9.17) is 23.2 Å². The molecule has 4 nitrogen and oxygen atoms in total. The SMILES string of the molecule is CCCCCCC(/C=C/c1ccc(Cl)c(Cl)c1)=NNC(=O)C[N+](C)(C)C. The van der Waals surface area contributed by atoms with Gasteiger partial charge in [0.1, 0.15) is 0 Å². The van der Waals surface area contributed by atoms with Gasteiger partial charge in [0.15, 0.2) is 6.54 Å². The van der Waals surface area contributed by atoms with Crippen LogP contribution in [0.5, 0.6) is 0 Å². The number of amides is 1. The first-order valence-corrected chi connectivity index (χ1v) is 9.76. The Morgan fingerprint density at radius 1 is 1.15 bits per heavy atom. The molecule has 26 heavy (non-hydrogen) atoms. The van der Waals surface area contributed by atoms with E-state index in [-0.39, 0.29) is 5.91 Å². The van der Waals surface area contributed by atoms with Gasteiger partial charge in [0, 0.05) is 0 Å².